The monoisotopic (exact) mass is 269 g/mol. The number of hydrogen-bond acceptors (Lipinski definition) is 4. The summed E-state index contributed by atoms with van der Waals surface area (Å²) in [5.41, 5.74) is 1.37. The SMILES string of the molecule is CCCCCN=Nc1c(N=NN)ccc2ccccc12. The van der Waals surface area contributed by atoms with Gasteiger partial charge in [0.15, 0.2) is 0 Å². The fraction of sp³-hybridized carbons (Fsp3) is 0.333. The fourth-order valence-corrected chi connectivity index (χ4v) is 2.04. The third kappa shape index (κ3) is 3.38. The summed E-state index contributed by atoms with van der Waals surface area (Å²) in [4.78, 5) is 0. The summed E-state index contributed by atoms with van der Waals surface area (Å²) in [6.07, 6.45) is 3.40. The molecule has 2 aromatic rings. The van der Waals surface area contributed by atoms with Gasteiger partial charge in [-0.15, -0.1) is 5.11 Å². The molecule has 0 amide bonds. The van der Waals surface area contributed by atoms with E-state index in [1.165, 1.54) is 12.8 Å². The molecule has 2 aromatic carbocycles. The van der Waals surface area contributed by atoms with Crippen molar-refractivity contribution in [1.29, 1.82) is 0 Å². The van der Waals surface area contributed by atoms with Gasteiger partial charge in [0.2, 0.25) is 0 Å². The number of rotatable bonds is 6. The summed E-state index contributed by atoms with van der Waals surface area (Å²) in [5.74, 6) is 5.15. The van der Waals surface area contributed by atoms with Crippen LogP contribution in [0, 0.1) is 0 Å². The van der Waals surface area contributed by atoms with Crippen LogP contribution in [0.15, 0.2) is 57.0 Å². The Morgan fingerprint density at radius 3 is 2.65 bits per heavy atom. The van der Waals surface area contributed by atoms with Crippen molar-refractivity contribution >= 4 is 22.1 Å². The number of fused-ring (bicyclic) bond motifs is 1. The molecule has 0 saturated heterocycles. The Morgan fingerprint density at radius 2 is 1.85 bits per heavy atom. The highest BCUT2D eigenvalue weighted by Crippen LogP contribution is 2.36. The largest absolute Gasteiger partial charge is 0.305 e. The van der Waals surface area contributed by atoms with Crippen LogP contribution in [0.5, 0.6) is 0 Å². The molecule has 0 aliphatic carbocycles. The van der Waals surface area contributed by atoms with Crippen molar-refractivity contribution in [2.45, 2.75) is 26.2 Å². The molecule has 5 heteroatoms. The van der Waals surface area contributed by atoms with Crippen molar-refractivity contribution in [3.05, 3.63) is 36.4 Å². The summed E-state index contributed by atoms with van der Waals surface area (Å²) < 4.78 is 0. The maximum atomic E-state index is 5.15. The van der Waals surface area contributed by atoms with E-state index in [1.807, 2.05) is 36.4 Å². The third-order valence-corrected chi connectivity index (χ3v) is 3.08. The Bertz CT molecular complexity index is 619. The first-order chi connectivity index (χ1) is 9.86. The van der Waals surface area contributed by atoms with E-state index >= 15 is 0 Å². The smallest absolute Gasteiger partial charge is 0.121 e. The Balaban J connectivity index is 2.34. The van der Waals surface area contributed by atoms with Gasteiger partial charge in [-0.3, -0.25) is 0 Å². The lowest BCUT2D eigenvalue weighted by Gasteiger charge is -2.04. The van der Waals surface area contributed by atoms with Gasteiger partial charge in [0.05, 0.1) is 6.54 Å². The summed E-state index contributed by atoms with van der Waals surface area (Å²) in [6, 6.07) is 11.9. The highest BCUT2D eigenvalue weighted by molar-refractivity contribution is 5.97. The van der Waals surface area contributed by atoms with Gasteiger partial charge in [-0.25, -0.2) is 0 Å². The van der Waals surface area contributed by atoms with Gasteiger partial charge in [0.1, 0.15) is 11.4 Å². The molecule has 0 heterocycles. The molecule has 0 aliphatic rings. The summed E-state index contributed by atoms with van der Waals surface area (Å²) in [7, 11) is 0. The lowest BCUT2D eigenvalue weighted by atomic mass is 10.1. The van der Waals surface area contributed by atoms with Crippen molar-refractivity contribution in [2.24, 2.45) is 26.4 Å². The average Bonchev–Trinajstić information content (AvgIpc) is 2.49. The molecular weight excluding hydrogens is 250 g/mol. The summed E-state index contributed by atoms with van der Waals surface area (Å²) in [5, 5.41) is 18.0. The lowest BCUT2D eigenvalue weighted by molar-refractivity contribution is 0.713. The standard InChI is InChI=1S/C15H19N5/c1-2-3-6-11-17-19-15-13-8-5-4-7-12(13)9-10-14(15)18-20-16/h4-5,7-10H,2-3,6,11H2,1H3,(H2,16,18). The number of hydrogen-bond donors (Lipinski definition) is 1. The van der Waals surface area contributed by atoms with Gasteiger partial charge < -0.3 is 5.84 Å². The molecule has 0 fully saturated rings. The number of unbranched alkanes of at least 4 members (excludes halogenated alkanes) is 2. The zero-order valence-electron chi connectivity index (χ0n) is 11.7. The van der Waals surface area contributed by atoms with E-state index in [2.05, 4.69) is 27.5 Å². The molecule has 104 valence electrons. The lowest BCUT2D eigenvalue weighted by Crippen LogP contribution is -1.80. The first kappa shape index (κ1) is 14.1. The van der Waals surface area contributed by atoms with Crippen LogP contribution in [-0.4, -0.2) is 6.54 Å². The van der Waals surface area contributed by atoms with Crippen LogP contribution in [0.25, 0.3) is 10.8 Å². The number of nitrogens with two attached hydrogens (primary N) is 1. The predicted octanol–water partition coefficient (Wildman–Crippen LogP) is 5.07. The van der Waals surface area contributed by atoms with Gasteiger partial charge >= 0.3 is 0 Å². The molecule has 0 bridgehead atoms. The molecule has 0 spiro atoms. The van der Waals surface area contributed by atoms with E-state index in [1.54, 1.807) is 0 Å². The molecule has 20 heavy (non-hydrogen) atoms. The third-order valence-electron chi connectivity index (χ3n) is 3.08. The van der Waals surface area contributed by atoms with Gasteiger partial charge in [-0.2, -0.15) is 10.2 Å². The summed E-state index contributed by atoms with van der Waals surface area (Å²) >= 11 is 0. The molecular formula is C15H19N5. The van der Waals surface area contributed by atoms with Crippen molar-refractivity contribution in [3.8, 4) is 0 Å². The van der Waals surface area contributed by atoms with E-state index in [-0.39, 0.29) is 0 Å². The molecule has 0 aliphatic heterocycles. The molecule has 0 atom stereocenters. The Hall–Kier alpha value is -2.30. The zero-order valence-corrected chi connectivity index (χ0v) is 11.7. The Labute approximate surface area is 118 Å². The van der Waals surface area contributed by atoms with Crippen LogP contribution in [0.1, 0.15) is 26.2 Å². The second-order valence-electron chi connectivity index (χ2n) is 4.54. The van der Waals surface area contributed by atoms with Crippen LogP contribution in [0.3, 0.4) is 0 Å². The highest BCUT2D eigenvalue weighted by Gasteiger charge is 2.06. The van der Waals surface area contributed by atoms with E-state index in [4.69, 9.17) is 5.84 Å². The van der Waals surface area contributed by atoms with Crippen molar-refractivity contribution in [2.75, 3.05) is 6.54 Å². The fourth-order valence-electron chi connectivity index (χ4n) is 2.04. The van der Waals surface area contributed by atoms with Crippen LogP contribution in [0.2, 0.25) is 0 Å². The maximum Gasteiger partial charge on any atom is 0.121 e. The minimum atomic E-state index is 0.644. The zero-order chi connectivity index (χ0) is 14.2. The predicted molar refractivity (Wildman–Crippen MR) is 81.6 cm³/mol. The first-order valence-corrected chi connectivity index (χ1v) is 6.87. The number of benzene rings is 2. The topological polar surface area (TPSA) is 75.5 Å². The van der Waals surface area contributed by atoms with Crippen LogP contribution in [-0.2, 0) is 0 Å². The van der Waals surface area contributed by atoms with Crippen LogP contribution >= 0.6 is 0 Å². The molecule has 0 aromatic heterocycles. The average molecular weight is 269 g/mol. The Kier molecular flexibility index (Phi) is 5.17. The molecule has 2 rings (SSSR count). The Morgan fingerprint density at radius 1 is 1.00 bits per heavy atom. The normalized spacial score (nSPS) is 11.8. The van der Waals surface area contributed by atoms with Crippen molar-refractivity contribution < 1.29 is 0 Å². The first-order valence-electron chi connectivity index (χ1n) is 6.87. The van der Waals surface area contributed by atoms with Gasteiger partial charge in [-0.05, 0) is 17.9 Å². The van der Waals surface area contributed by atoms with E-state index in [0.29, 0.717) is 5.69 Å². The molecule has 2 N–H and O–H groups in total. The van der Waals surface area contributed by atoms with Crippen LogP contribution in [0.4, 0.5) is 11.4 Å². The number of azo groups is 1. The minimum Gasteiger partial charge on any atom is -0.305 e. The quantitative estimate of drug-likeness (QED) is 0.338. The van der Waals surface area contributed by atoms with Crippen LogP contribution < -0.4 is 5.84 Å². The van der Waals surface area contributed by atoms with Crippen molar-refractivity contribution in [3.63, 3.8) is 0 Å². The second-order valence-corrected chi connectivity index (χ2v) is 4.54. The molecule has 0 unspecified atom stereocenters. The molecule has 0 saturated carbocycles. The summed E-state index contributed by atoms with van der Waals surface area (Å²) in [6.45, 7) is 2.90. The number of nitrogens with zero attached hydrogens (tertiary/aromatic N) is 4. The highest BCUT2D eigenvalue weighted by atomic mass is 15.3. The van der Waals surface area contributed by atoms with E-state index in [9.17, 15) is 0 Å². The van der Waals surface area contributed by atoms with E-state index < -0.39 is 0 Å². The maximum absolute atomic E-state index is 5.15. The van der Waals surface area contributed by atoms with Gasteiger partial charge in [0, 0.05) is 5.39 Å². The van der Waals surface area contributed by atoms with Crippen molar-refractivity contribution in [1.82, 2.24) is 0 Å². The van der Waals surface area contributed by atoms with Gasteiger partial charge in [-0.1, -0.05) is 55.3 Å². The molecule has 5 nitrogen and oxygen atoms in total. The molecule has 0 radical (unpaired) electrons. The van der Waals surface area contributed by atoms with Gasteiger partial charge in [0.25, 0.3) is 0 Å². The minimum absolute atomic E-state index is 0.644. The van der Waals surface area contributed by atoms with E-state index in [0.717, 1.165) is 29.4 Å². The second kappa shape index (κ2) is 7.33.